The van der Waals surface area contributed by atoms with E-state index in [9.17, 15) is 9.59 Å². The van der Waals surface area contributed by atoms with Crippen molar-refractivity contribution < 1.29 is 19.1 Å². The predicted octanol–water partition coefficient (Wildman–Crippen LogP) is 2.87. The largest absolute Gasteiger partial charge is 0.372 e. The summed E-state index contributed by atoms with van der Waals surface area (Å²) in [5.41, 5.74) is 0.756. The van der Waals surface area contributed by atoms with Crippen LogP contribution in [-0.4, -0.2) is 48.2 Å². The molecule has 8 heteroatoms. The van der Waals surface area contributed by atoms with E-state index in [4.69, 9.17) is 9.47 Å². The molecule has 0 aliphatic heterocycles. The molecule has 2 atom stereocenters. The molecule has 0 fully saturated rings. The van der Waals surface area contributed by atoms with Gasteiger partial charge in [0.25, 0.3) is 11.8 Å². The van der Waals surface area contributed by atoms with Crippen LogP contribution in [0.2, 0.25) is 0 Å². The van der Waals surface area contributed by atoms with Crippen molar-refractivity contribution in [1.82, 2.24) is 9.97 Å². The normalized spacial score (nSPS) is 12.9. The number of nitrogens with one attached hydrogen (secondary N) is 2. The second-order valence-electron chi connectivity index (χ2n) is 6.07. The Morgan fingerprint density at radius 1 is 0.893 bits per heavy atom. The molecule has 0 radical (unpaired) electrons. The van der Waals surface area contributed by atoms with Gasteiger partial charge in [0.15, 0.2) is 5.82 Å². The molecule has 28 heavy (non-hydrogen) atoms. The summed E-state index contributed by atoms with van der Waals surface area (Å²) < 4.78 is 10.3. The number of benzene rings is 1. The molecule has 1 aromatic heterocycles. The molecular weight excluding hydrogens is 360 g/mol. The van der Waals surface area contributed by atoms with Crippen LogP contribution >= 0.6 is 0 Å². The maximum absolute atomic E-state index is 12.4. The zero-order valence-corrected chi connectivity index (χ0v) is 16.6. The highest BCUT2D eigenvalue weighted by Gasteiger charge is 2.19. The topological polar surface area (TPSA) is 102 Å². The van der Waals surface area contributed by atoms with Gasteiger partial charge in [0.2, 0.25) is 0 Å². The lowest BCUT2D eigenvalue weighted by atomic mass is 10.2. The van der Waals surface area contributed by atoms with Gasteiger partial charge in [0.05, 0.1) is 0 Å². The number of carbonyl (C=O) groups is 2. The monoisotopic (exact) mass is 386 g/mol. The molecule has 0 aliphatic rings. The molecule has 1 aromatic carbocycles. The van der Waals surface area contributed by atoms with Gasteiger partial charge in [0.1, 0.15) is 23.8 Å². The molecule has 2 amide bonds. The summed E-state index contributed by atoms with van der Waals surface area (Å²) in [5, 5.41) is 5.45. The summed E-state index contributed by atoms with van der Waals surface area (Å²) in [6.07, 6.45) is -0.138. The lowest BCUT2D eigenvalue weighted by molar-refractivity contribution is -0.126. The fourth-order valence-electron chi connectivity index (χ4n) is 2.62. The lowest BCUT2D eigenvalue weighted by Crippen LogP contribution is -2.30. The Morgan fingerprint density at radius 3 is 1.75 bits per heavy atom. The first-order chi connectivity index (χ1) is 13.5. The third-order valence-electron chi connectivity index (χ3n) is 4.16. The van der Waals surface area contributed by atoms with Crippen LogP contribution in [0.3, 0.4) is 0 Å². The van der Waals surface area contributed by atoms with E-state index in [-0.39, 0.29) is 23.5 Å². The third kappa shape index (κ3) is 5.58. The number of methoxy groups -OCH3 is 2. The van der Waals surface area contributed by atoms with E-state index in [0.717, 1.165) is 5.56 Å². The Labute approximate surface area is 164 Å². The lowest BCUT2D eigenvalue weighted by Gasteiger charge is -2.16. The first kappa shape index (κ1) is 21.5. The number of nitrogens with zero attached hydrogens (tertiary/aromatic N) is 2. The Morgan fingerprint density at radius 2 is 1.36 bits per heavy atom. The predicted molar refractivity (Wildman–Crippen MR) is 107 cm³/mol. The molecule has 1 heterocycles. The first-order valence-corrected chi connectivity index (χ1v) is 9.14. The van der Waals surface area contributed by atoms with Crippen molar-refractivity contribution in [3.05, 3.63) is 36.4 Å². The van der Waals surface area contributed by atoms with Gasteiger partial charge in [-0.1, -0.05) is 44.2 Å². The van der Waals surface area contributed by atoms with Crippen LogP contribution in [0, 0.1) is 0 Å². The highest BCUT2D eigenvalue weighted by atomic mass is 16.5. The fourth-order valence-corrected chi connectivity index (χ4v) is 2.62. The van der Waals surface area contributed by atoms with Crippen molar-refractivity contribution in [3.8, 4) is 11.4 Å². The van der Waals surface area contributed by atoms with Crippen LogP contribution in [0.1, 0.15) is 26.7 Å². The number of aromatic nitrogens is 2. The number of amides is 2. The molecule has 0 bridgehead atoms. The minimum absolute atomic E-state index is 0.273. The molecule has 0 unspecified atom stereocenters. The molecule has 2 aromatic rings. The molecule has 8 nitrogen and oxygen atoms in total. The summed E-state index contributed by atoms with van der Waals surface area (Å²) in [6, 6.07) is 10.8. The van der Waals surface area contributed by atoms with Crippen LogP contribution in [-0.2, 0) is 19.1 Å². The SMILES string of the molecule is CC[C@H](OC)C(=O)Nc1cc(NC(=O)[C@H](CC)OC)nc(-c2ccccc2)n1. The highest BCUT2D eigenvalue weighted by Crippen LogP contribution is 2.21. The molecule has 2 N–H and O–H groups in total. The molecular formula is C20H26N4O4. The summed E-state index contributed by atoms with van der Waals surface area (Å²) in [4.78, 5) is 33.5. The van der Waals surface area contributed by atoms with Gasteiger partial charge in [-0.2, -0.15) is 0 Å². The van der Waals surface area contributed by atoms with Crippen LogP contribution < -0.4 is 10.6 Å². The molecule has 150 valence electrons. The van der Waals surface area contributed by atoms with E-state index in [2.05, 4.69) is 20.6 Å². The van der Waals surface area contributed by atoms with E-state index in [1.165, 1.54) is 20.3 Å². The van der Waals surface area contributed by atoms with Gasteiger partial charge in [-0.3, -0.25) is 9.59 Å². The Hall–Kier alpha value is -2.84. The molecule has 0 saturated carbocycles. The number of rotatable bonds is 9. The van der Waals surface area contributed by atoms with E-state index in [1.54, 1.807) is 0 Å². The van der Waals surface area contributed by atoms with Crippen LogP contribution in [0.4, 0.5) is 11.6 Å². The smallest absolute Gasteiger partial charge is 0.254 e. The standard InChI is InChI=1S/C20H26N4O4/c1-5-14(27-3)19(25)23-16-12-17(24-20(26)15(6-2)28-4)22-18(21-16)13-10-8-7-9-11-13/h7-12,14-15H,5-6H2,1-4H3,(H2,21,22,23,24,25,26)/t14-,15-/m0/s1. The average molecular weight is 386 g/mol. The van der Waals surface area contributed by atoms with Gasteiger partial charge < -0.3 is 20.1 Å². The second-order valence-corrected chi connectivity index (χ2v) is 6.07. The number of anilines is 2. The second kappa shape index (κ2) is 10.5. The van der Waals surface area contributed by atoms with Gasteiger partial charge in [0, 0.05) is 25.8 Å². The highest BCUT2D eigenvalue weighted by molar-refractivity contribution is 5.96. The van der Waals surface area contributed by atoms with Crippen LogP contribution in [0.15, 0.2) is 36.4 Å². The van der Waals surface area contributed by atoms with E-state index < -0.39 is 12.2 Å². The van der Waals surface area contributed by atoms with Crippen molar-refractivity contribution in [2.24, 2.45) is 0 Å². The van der Waals surface area contributed by atoms with Gasteiger partial charge in [-0.05, 0) is 12.8 Å². The number of hydrogen-bond acceptors (Lipinski definition) is 6. The molecule has 0 aliphatic carbocycles. The minimum atomic E-state index is -0.592. The van der Waals surface area contributed by atoms with Gasteiger partial charge >= 0.3 is 0 Å². The third-order valence-corrected chi connectivity index (χ3v) is 4.16. The van der Waals surface area contributed by atoms with Gasteiger partial charge in [-0.25, -0.2) is 9.97 Å². The quantitative estimate of drug-likeness (QED) is 0.687. The number of carbonyl (C=O) groups excluding carboxylic acids is 2. The maximum Gasteiger partial charge on any atom is 0.254 e. The van der Waals surface area contributed by atoms with Crippen molar-refractivity contribution in [2.45, 2.75) is 38.9 Å². The zero-order valence-electron chi connectivity index (χ0n) is 16.6. The minimum Gasteiger partial charge on any atom is -0.372 e. The first-order valence-electron chi connectivity index (χ1n) is 9.14. The fraction of sp³-hybridized carbons (Fsp3) is 0.400. The van der Waals surface area contributed by atoms with E-state index in [1.807, 2.05) is 44.2 Å². The van der Waals surface area contributed by atoms with Gasteiger partial charge in [-0.15, -0.1) is 0 Å². The summed E-state index contributed by atoms with van der Waals surface area (Å²) in [5.74, 6) is 0.293. The number of hydrogen-bond donors (Lipinski definition) is 2. The average Bonchev–Trinajstić information content (AvgIpc) is 2.70. The van der Waals surface area contributed by atoms with E-state index >= 15 is 0 Å². The Balaban J connectivity index is 2.36. The summed E-state index contributed by atoms with van der Waals surface area (Å²) in [6.45, 7) is 3.70. The zero-order chi connectivity index (χ0) is 20.5. The van der Waals surface area contributed by atoms with E-state index in [0.29, 0.717) is 18.7 Å². The van der Waals surface area contributed by atoms with Crippen molar-refractivity contribution in [2.75, 3.05) is 24.9 Å². The molecule has 0 spiro atoms. The summed E-state index contributed by atoms with van der Waals surface area (Å²) in [7, 11) is 2.95. The van der Waals surface area contributed by atoms with Crippen LogP contribution in [0.25, 0.3) is 11.4 Å². The summed E-state index contributed by atoms with van der Waals surface area (Å²) >= 11 is 0. The van der Waals surface area contributed by atoms with Crippen molar-refractivity contribution in [1.29, 1.82) is 0 Å². The Kier molecular flexibility index (Phi) is 8.03. The van der Waals surface area contributed by atoms with Crippen molar-refractivity contribution in [3.63, 3.8) is 0 Å². The molecule has 2 rings (SSSR count). The van der Waals surface area contributed by atoms with Crippen molar-refractivity contribution >= 4 is 23.5 Å². The maximum atomic E-state index is 12.4. The number of ether oxygens (including phenoxy) is 2. The molecule has 0 saturated heterocycles. The Bertz CT molecular complexity index is 746. The van der Waals surface area contributed by atoms with Crippen LogP contribution in [0.5, 0.6) is 0 Å².